The molecule has 0 aliphatic rings. The van der Waals surface area contributed by atoms with E-state index in [4.69, 9.17) is 0 Å². The van der Waals surface area contributed by atoms with Crippen LogP contribution in [0.5, 0.6) is 0 Å². The van der Waals surface area contributed by atoms with E-state index in [1.54, 1.807) is 38.1 Å². The summed E-state index contributed by atoms with van der Waals surface area (Å²) in [5, 5.41) is 19.8. The number of nitrogens with zero attached hydrogens (tertiary/aromatic N) is 2. The average Bonchev–Trinajstić information content (AvgIpc) is 2.82. The van der Waals surface area contributed by atoms with Crippen LogP contribution < -0.4 is 5.32 Å². The van der Waals surface area contributed by atoms with Crippen molar-refractivity contribution in [1.29, 1.82) is 0 Å². The summed E-state index contributed by atoms with van der Waals surface area (Å²) in [6, 6.07) is 9.00. The predicted molar refractivity (Wildman–Crippen MR) is 67.3 cm³/mol. The third-order valence-electron chi connectivity index (χ3n) is 3.13. The molecule has 2 aromatic rings. The van der Waals surface area contributed by atoms with Crippen molar-refractivity contribution in [2.75, 3.05) is 0 Å². The molecule has 0 aliphatic heterocycles. The van der Waals surface area contributed by atoms with Crippen LogP contribution in [0.25, 0.3) is 0 Å². The minimum absolute atomic E-state index is 0.271. The van der Waals surface area contributed by atoms with Crippen LogP contribution in [0.15, 0.2) is 35.0 Å². The maximum absolute atomic E-state index is 11.5. The zero-order chi connectivity index (χ0) is 13.9. The molecule has 6 heteroatoms. The third-order valence-corrected chi connectivity index (χ3v) is 3.13. The molecule has 2 N–H and O–H groups in total. The van der Waals surface area contributed by atoms with Gasteiger partial charge in [-0.05, 0) is 19.4 Å². The van der Waals surface area contributed by atoms with Gasteiger partial charge in [-0.1, -0.05) is 40.6 Å². The Morgan fingerprint density at radius 1 is 1.37 bits per heavy atom. The predicted octanol–water partition coefficient (Wildman–Crippen LogP) is 1.47. The second kappa shape index (κ2) is 5.19. The Labute approximate surface area is 110 Å². The molecule has 1 aromatic carbocycles. The van der Waals surface area contributed by atoms with E-state index < -0.39 is 11.5 Å². The summed E-state index contributed by atoms with van der Waals surface area (Å²) in [7, 11) is 0. The van der Waals surface area contributed by atoms with E-state index in [1.165, 1.54) is 0 Å². The summed E-state index contributed by atoms with van der Waals surface area (Å²) >= 11 is 0. The lowest BCUT2D eigenvalue weighted by Gasteiger charge is -2.26. The van der Waals surface area contributed by atoms with E-state index in [-0.39, 0.29) is 6.54 Å². The van der Waals surface area contributed by atoms with Crippen LogP contribution in [-0.2, 0) is 16.9 Å². The van der Waals surface area contributed by atoms with Gasteiger partial charge in [-0.15, -0.1) is 0 Å². The number of aliphatic carboxylic acids is 1. The van der Waals surface area contributed by atoms with Crippen LogP contribution in [0.2, 0.25) is 0 Å². The minimum Gasteiger partial charge on any atom is -0.480 e. The molecule has 0 saturated heterocycles. The molecular weight excluding hydrogens is 246 g/mol. The smallest absolute Gasteiger partial charge is 0.328 e. The van der Waals surface area contributed by atoms with Crippen molar-refractivity contribution in [2.24, 2.45) is 0 Å². The highest BCUT2D eigenvalue weighted by atomic mass is 16.6. The van der Waals surface area contributed by atoms with Crippen molar-refractivity contribution in [2.45, 2.75) is 25.9 Å². The first-order chi connectivity index (χ1) is 9.04. The number of nitrogens with one attached hydrogen (secondary N) is 1. The topological polar surface area (TPSA) is 88.3 Å². The average molecular weight is 261 g/mol. The van der Waals surface area contributed by atoms with Gasteiger partial charge >= 0.3 is 5.97 Å². The van der Waals surface area contributed by atoms with Gasteiger partial charge < -0.3 is 5.11 Å². The molecule has 2 rings (SSSR count). The monoisotopic (exact) mass is 261 g/mol. The van der Waals surface area contributed by atoms with Crippen molar-refractivity contribution in [3.05, 3.63) is 47.3 Å². The molecule has 0 bridgehead atoms. The molecule has 0 spiro atoms. The van der Waals surface area contributed by atoms with Crippen molar-refractivity contribution in [1.82, 2.24) is 15.6 Å². The van der Waals surface area contributed by atoms with Gasteiger partial charge in [0.1, 0.15) is 16.9 Å². The van der Waals surface area contributed by atoms with Gasteiger partial charge in [-0.3, -0.25) is 5.32 Å². The molecule has 0 amide bonds. The standard InChI is InChI=1S/C13H15N3O3/c1-9-11(16-19-15-9)8-14-13(2,12(17)18)10-6-4-3-5-7-10/h3-7,14H,8H2,1-2H3,(H,17,18). The van der Waals surface area contributed by atoms with E-state index in [1.807, 2.05) is 6.07 Å². The molecule has 1 unspecified atom stereocenters. The van der Waals surface area contributed by atoms with Crippen molar-refractivity contribution in [3.63, 3.8) is 0 Å². The Kier molecular flexibility index (Phi) is 3.62. The van der Waals surface area contributed by atoms with Crippen molar-refractivity contribution in [3.8, 4) is 0 Å². The quantitative estimate of drug-likeness (QED) is 0.847. The van der Waals surface area contributed by atoms with Crippen LogP contribution in [0.4, 0.5) is 0 Å². The highest BCUT2D eigenvalue weighted by Crippen LogP contribution is 2.21. The second-order valence-corrected chi connectivity index (χ2v) is 4.45. The summed E-state index contributed by atoms with van der Waals surface area (Å²) in [6.07, 6.45) is 0. The summed E-state index contributed by atoms with van der Waals surface area (Å²) < 4.78 is 4.59. The number of carboxylic acids is 1. The van der Waals surface area contributed by atoms with Crippen molar-refractivity contribution >= 4 is 5.97 Å². The number of aryl methyl sites for hydroxylation is 1. The molecule has 100 valence electrons. The van der Waals surface area contributed by atoms with E-state index in [9.17, 15) is 9.90 Å². The largest absolute Gasteiger partial charge is 0.480 e. The first-order valence-corrected chi connectivity index (χ1v) is 5.86. The molecule has 1 aromatic heterocycles. The Bertz CT molecular complexity index is 568. The highest BCUT2D eigenvalue weighted by Gasteiger charge is 2.34. The lowest BCUT2D eigenvalue weighted by Crippen LogP contribution is -2.46. The van der Waals surface area contributed by atoms with Crippen LogP contribution in [0, 0.1) is 6.92 Å². The number of hydrogen-bond donors (Lipinski definition) is 2. The van der Waals surface area contributed by atoms with E-state index in [0.717, 1.165) is 0 Å². The molecular formula is C13H15N3O3. The molecule has 0 radical (unpaired) electrons. The fourth-order valence-electron chi connectivity index (χ4n) is 1.74. The first kappa shape index (κ1) is 13.2. The van der Waals surface area contributed by atoms with Gasteiger partial charge in [0.2, 0.25) is 0 Å². The molecule has 0 aliphatic carbocycles. The van der Waals surface area contributed by atoms with Crippen molar-refractivity contribution < 1.29 is 14.5 Å². The van der Waals surface area contributed by atoms with Gasteiger partial charge in [0.15, 0.2) is 0 Å². The number of hydrogen-bond acceptors (Lipinski definition) is 5. The molecule has 0 saturated carbocycles. The van der Waals surface area contributed by atoms with E-state index >= 15 is 0 Å². The van der Waals surface area contributed by atoms with Gasteiger partial charge in [0.05, 0.1) is 0 Å². The number of carboxylic acid groups (broad SMARTS) is 1. The lowest BCUT2D eigenvalue weighted by molar-refractivity contribution is -0.144. The SMILES string of the molecule is Cc1nonc1CNC(C)(C(=O)O)c1ccccc1. The molecule has 6 nitrogen and oxygen atoms in total. The molecule has 0 fully saturated rings. The second-order valence-electron chi connectivity index (χ2n) is 4.45. The maximum atomic E-state index is 11.5. The van der Waals surface area contributed by atoms with Gasteiger partial charge in [-0.25, -0.2) is 9.42 Å². The Hall–Kier alpha value is -2.21. The Morgan fingerprint density at radius 3 is 2.58 bits per heavy atom. The van der Waals surface area contributed by atoms with Gasteiger partial charge in [0, 0.05) is 6.54 Å². The van der Waals surface area contributed by atoms with Crippen LogP contribution in [-0.4, -0.2) is 21.4 Å². The number of rotatable bonds is 5. The summed E-state index contributed by atoms with van der Waals surface area (Å²) in [6.45, 7) is 3.65. The maximum Gasteiger partial charge on any atom is 0.328 e. The normalized spacial score (nSPS) is 14.0. The summed E-state index contributed by atoms with van der Waals surface area (Å²) in [4.78, 5) is 11.5. The highest BCUT2D eigenvalue weighted by molar-refractivity contribution is 5.80. The zero-order valence-electron chi connectivity index (χ0n) is 10.8. The number of aromatic nitrogens is 2. The Balaban J connectivity index is 2.22. The van der Waals surface area contributed by atoms with Crippen LogP contribution in [0.1, 0.15) is 23.9 Å². The van der Waals surface area contributed by atoms with E-state index in [0.29, 0.717) is 17.0 Å². The minimum atomic E-state index is -1.19. The zero-order valence-corrected chi connectivity index (χ0v) is 10.8. The third kappa shape index (κ3) is 2.63. The van der Waals surface area contributed by atoms with Gasteiger partial charge in [-0.2, -0.15) is 0 Å². The van der Waals surface area contributed by atoms with Gasteiger partial charge in [0.25, 0.3) is 0 Å². The molecule has 1 heterocycles. The fourth-order valence-corrected chi connectivity index (χ4v) is 1.74. The summed E-state index contributed by atoms with van der Waals surface area (Å²) in [5.74, 6) is -0.951. The Morgan fingerprint density at radius 2 is 2.05 bits per heavy atom. The molecule has 1 atom stereocenters. The fraction of sp³-hybridized carbons (Fsp3) is 0.308. The van der Waals surface area contributed by atoms with E-state index in [2.05, 4.69) is 20.3 Å². The molecule has 19 heavy (non-hydrogen) atoms. The van der Waals surface area contributed by atoms with Crippen LogP contribution >= 0.6 is 0 Å². The summed E-state index contributed by atoms with van der Waals surface area (Å²) in [5.41, 5.74) is 0.737. The first-order valence-electron chi connectivity index (χ1n) is 5.86. The van der Waals surface area contributed by atoms with Crippen LogP contribution in [0.3, 0.4) is 0 Å². The number of carbonyl (C=O) groups is 1. The lowest BCUT2D eigenvalue weighted by atomic mass is 9.92. The number of benzene rings is 1.